The van der Waals surface area contributed by atoms with Crippen molar-refractivity contribution in [3.8, 4) is 0 Å². The lowest BCUT2D eigenvalue weighted by molar-refractivity contribution is -0.384. The van der Waals surface area contributed by atoms with E-state index in [1.165, 1.54) is 22.5 Å². The van der Waals surface area contributed by atoms with E-state index in [1.807, 2.05) is 0 Å². The van der Waals surface area contributed by atoms with Gasteiger partial charge in [0.2, 0.25) is 10.0 Å². The van der Waals surface area contributed by atoms with Gasteiger partial charge in [-0.3, -0.25) is 10.1 Å². The Kier molecular flexibility index (Phi) is 3.46. The molecule has 2 atom stereocenters. The number of non-ortho nitro benzene ring substituents is 1. The molecule has 0 N–H and O–H groups in total. The summed E-state index contributed by atoms with van der Waals surface area (Å²) in [4.78, 5) is 9.99. The molecule has 120 valence electrons. The van der Waals surface area contributed by atoms with E-state index in [1.54, 1.807) is 25.1 Å². The van der Waals surface area contributed by atoms with Gasteiger partial charge in [-0.15, -0.1) is 0 Å². The maximum absolute atomic E-state index is 13.9. The maximum atomic E-state index is 13.9. The lowest BCUT2D eigenvalue weighted by Crippen LogP contribution is -2.20. The normalized spacial score (nSPS) is 23.5. The fourth-order valence-corrected chi connectivity index (χ4v) is 4.36. The number of benzene rings is 2. The van der Waals surface area contributed by atoms with Gasteiger partial charge in [-0.25, -0.2) is 12.8 Å². The van der Waals surface area contributed by atoms with Crippen molar-refractivity contribution >= 4 is 15.7 Å². The summed E-state index contributed by atoms with van der Waals surface area (Å²) in [6.45, 7) is 1.81. The third-order valence-electron chi connectivity index (χ3n) is 3.99. The van der Waals surface area contributed by atoms with Crippen LogP contribution in [-0.4, -0.2) is 24.2 Å². The number of rotatable bonds is 4. The first-order valence-electron chi connectivity index (χ1n) is 6.79. The molecule has 1 aliphatic rings. The van der Waals surface area contributed by atoms with Crippen LogP contribution in [0.4, 0.5) is 10.1 Å². The first kappa shape index (κ1) is 15.6. The number of sulfonamides is 1. The van der Waals surface area contributed by atoms with E-state index in [-0.39, 0.29) is 17.1 Å². The molecule has 3 rings (SSSR count). The summed E-state index contributed by atoms with van der Waals surface area (Å²) in [7, 11) is -3.84. The van der Waals surface area contributed by atoms with Gasteiger partial charge in [0, 0.05) is 24.2 Å². The smallest absolute Gasteiger partial charge is 0.258 e. The summed E-state index contributed by atoms with van der Waals surface area (Å²) in [6, 6.07) is 10.7. The third kappa shape index (κ3) is 2.49. The highest BCUT2D eigenvalue weighted by molar-refractivity contribution is 7.89. The molecule has 0 bridgehead atoms. The molecule has 0 aliphatic carbocycles. The largest absolute Gasteiger partial charge is 0.269 e. The lowest BCUT2D eigenvalue weighted by Gasteiger charge is -2.14. The van der Waals surface area contributed by atoms with Crippen LogP contribution in [0.3, 0.4) is 0 Å². The molecule has 0 amide bonds. The molecule has 1 fully saturated rings. The number of nitrogens with zero attached hydrogens (tertiary/aromatic N) is 2. The zero-order valence-corrected chi connectivity index (χ0v) is 13.0. The molecule has 23 heavy (non-hydrogen) atoms. The average molecular weight is 336 g/mol. The van der Waals surface area contributed by atoms with Crippen molar-refractivity contribution in [3.63, 3.8) is 0 Å². The average Bonchev–Trinajstić information content (AvgIpc) is 3.22. The fraction of sp³-hybridized carbons (Fsp3) is 0.200. The first-order chi connectivity index (χ1) is 10.8. The minimum absolute atomic E-state index is 0.0526. The summed E-state index contributed by atoms with van der Waals surface area (Å²) >= 11 is 0. The van der Waals surface area contributed by atoms with E-state index >= 15 is 0 Å². The zero-order chi connectivity index (χ0) is 16.8. The van der Waals surface area contributed by atoms with Crippen LogP contribution in [0, 0.1) is 15.9 Å². The van der Waals surface area contributed by atoms with Crippen LogP contribution in [0.15, 0.2) is 53.4 Å². The van der Waals surface area contributed by atoms with Crippen LogP contribution in [0.1, 0.15) is 12.5 Å². The molecule has 0 radical (unpaired) electrons. The highest BCUT2D eigenvalue weighted by atomic mass is 32.2. The van der Waals surface area contributed by atoms with Crippen molar-refractivity contribution in [1.29, 1.82) is 0 Å². The molecular formula is C15H13FN2O4S. The van der Waals surface area contributed by atoms with Crippen molar-refractivity contribution < 1.29 is 17.7 Å². The second-order valence-electron chi connectivity index (χ2n) is 5.52. The van der Waals surface area contributed by atoms with E-state index in [2.05, 4.69) is 0 Å². The Hall–Kier alpha value is -2.32. The van der Waals surface area contributed by atoms with Crippen LogP contribution in [0.2, 0.25) is 0 Å². The quantitative estimate of drug-likeness (QED) is 0.488. The molecule has 1 saturated heterocycles. The minimum Gasteiger partial charge on any atom is -0.258 e. The van der Waals surface area contributed by atoms with E-state index < -0.39 is 26.3 Å². The van der Waals surface area contributed by atoms with E-state index in [0.29, 0.717) is 5.56 Å². The van der Waals surface area contributed by atoms with Gasteiger partial charge in [0.05, 0.1) is 15.4 Å². The van der Waals surface area contributed by atoms with Crippen molar-refractivity contribution in [1.82, 2.24) is 4.31 Å². The lowest BCUT2D eigenvalue weighted by atomic mass is 10.0. The van der Waals surface area contributed by atoms with Gasteiger partial charge < -0.3 is 0 Å². The van der Waals surface area contributed by atoms with Crippen molar-refractivity contribution in [2.45, 2.75) is 17.4 Å². The van der Waals surface area contributed by atoms with Crippen molar-refractivity contribution in [2.24, 2.45) is 0 Å². The van der Waals surface area contributed by atoms with Gasteiger partial charge in [0.25, 0.3) is 5.69 Å². The Morgan fingerprint density at radius 3 is 2.35 bits per heavy atom. The predicted molar refractivity (Wildman–Crippen MR) is 80.7 cm³/mol. The highest BCUT2D eigenvalue weighted by Gasteiger charge is 2.57. The molecule has 0 spiro atoms. The second kappa shape index (κ2) is 5.10. The molecule has 1 heterocycles. The summed E-state index contributed by atoms with van der Waals surface area (Å²) in [6.07, 6.45) is 0. The number of hydrogen-bond acceptors (Lipinski definition) is 4. The second-order valence-corrected chi connectivity index (χ2v) is 7.38. The molecule has 8 heteroatoms. The Morgan fingerprint density at radius 2 is 1.78 bits per heavy atom. The van der Waals surface area contributed by atoms with Crippen LogP contribution in [0.5, 0.6) is 0 Å². The SMILES string of the molecule is C[C@@]1(c2ccccc2F)CN1S(=O)(=O)c1ccc([N+](=O)[O-])cc1. The summed E-state index contributed by atoms with van der Waals surface area (Å²) in [5, 5.41) is 10.6. The number of nitro benzene ring substituents is 1. The van der Waals surface area contributed by atoms with Gasteiger partial charge in [-0.05, 0) is 25.1 Å². The van der Waals surface area contributed by atoms with E-state index in [4.69, 9.17) is 0 Å². The van der Waals surface area contributed by atoms with Gasteiger partial charge in [-0.1, -0.05) is 18.2 Å². The van der Waals surface area contributed by atoms with Gasteiger partial charge in [0.1, 0.15) is 5.82 Å². The summed E-state index contributed by atoms with van der Waals surface area (Å²) in [5.74, 6) is -0.462. The van der Waals surface area contributed by atoms with Gasteiger partial charge in [0.15, 0.2) is 0 Å². The first-order valence-corrected chi connectivity index (χ1v) is 8.23. The van der Waals surface area contributed by atoms with Gasteiger partial charge >= 0.3 is 0 Å². The topological polar surface area (TPSA) is 80.3 Å². The Bertz CT molecular complexity index is 883. The molecule has 2 aromatic rings. The fourth-order valence-electron chi connectivity index (χ4n) is 2.58. The van der Waals surface area contributed by atoms with Crippen LogP contribution < -0.4 is 0 Å². The van der Waals surface area contributed by atoms with E-state index in [9.17, 15) is 22.9 Å². The van der Waals surface area contributed by atoms with Gasteiger partial charge in [-0.2, -0.15) is 4.31 Å². The number of hydrogen-bond donors (Lipinski definition) is 0. The van der Waals surface area contributed by atoms with E-state index in [0.717, 1.165) is 12.1 Å². The van der Waals surface area contributed by atoms with Crippen molar-refractivity contribution in [2.75, 3.05) is 6.54 Å². The zero-order valence-electron chi connectivity index (χ0n) is 12.1. The summed E-state index contributed by atoms with van der Waals surface area (Å²) in [5.41, 5.74) is -0.816. The summed E-state index contributed by atoms with van der Waals surface area (Å²) < 4.78 is 40.3. The molecule has 0 saturated carbocycles. The Balaban J connectivity index is 1.93. The molecule has 6 nitrogen and oxygen atoms in total. The molecular weight excluding hydrogens is 323 g/mol. The van der Waals surface area contributed by atoms with Crippen LogP contribution in [0.25, 0.3) is 0 Å². The monoisotopic (exact) mass is 336 g/mol. The van der Waals surface area contributed by atoms with Crippen LogP contribution >= 0.6 is 0 Å². The third-order valence-corrected chi connectivity index (χ3v) is 5.97. The van der Waals surface area contributed by atoms with Crippen molar-refractivity contribution in [3.05, 3.63) is 70.0 Å². The molecule has 1 aliphatic heterocycles. The maximum Gasteiger partial charge on any atom is 0.269 e. The molecule has 1 unspecified atom stereocenters. The predicted octanol–water partition coefficient (Wildman–Crippen LogP) is 2.65. The number of nitro groups is 1. The number of halogens is 1. The minimum atomic E-state index is -3.84. The van der Waals surface area contributed by atoms with Crippen LogP contribution in [-0.2, 0) is 15.6 Å². The Labute approximate surface area is 132 Å². The molecule has 2 aromatic carbocycles. The highest BCUT2D eigenvalue weighted by Crippen LogP contribution is 2.47. The molecule has 0 aromatic heterocycles. The Morgan fingerprint density at radius 1 is 1.17 bits per heavy atom. The standard InChI is InChI=1S/C15H13FN2O4S/c1-15(13-4-2-3-5-14(13)16)10-17(15)23(21,22)12-8-6-11(7-9-12)18(19)20/h2-9H,10H2,1H3/t15-,17?/m0/s1.